The van der Waals surface area contributed by atoms with Crippen LogP contribution in [0.25, 0.3) is 0 Å². The van der Waals surface area contributed by atoms with Crippen LogP contribution < -0.4 is 0 Å². The van der Waals surface area contributed by atoms with Crippen molar-refractivity contribution in [1.82, 2.24) is 4.90 Å². The predicted octanol–water partition coefficient (Wildman–Crippen LogP) is 5.22. The van der Waals surface area contributed by atoms with Crippen molar-refractivity contribution in [3.05, 3.63) is 71.8 Å². The monoisotopic (exact) mass is 413 g/mol. The molecule has 0 bridgehead atoms. The topological polar surface area (TPSA) is 29.5 Å². The first-order valence-electron chi connectivity index (χ1n) is 10.7. The molecule has 29 heavy (non-hydrogen) atoms. The molecule has 156 valence electrons. The zero-order valence-electron chi connectivity index (χ0n) is 17.4. The van der Waals surface area contributed by atoms with Gasteiger partial charge in [-0.3, -0.25) is 9.69 Å². The summed E-state index contributed by atoms with van der Waals surface area (Å²) in [6.45, 7) is 5.90. The molecule has 3 unspecified atom stereocenters. The highest BCUT2D eigenvalue weighted by Gasteiger charge is 2.61. The summed E-state index contributed by atoms with van der Waals surface area (Å²) in [5, 5.41) is 0. The maximum atomic E-state index is 12.9. The number of ether oxygens (including phenoxy) is 1. The molecule has 4 rings (SSSR count). The summed E-state index contributed by atoms with van der Waals surface area (Å²) in [4.78, 5) is 15.4. The number of esters is 1. The standard InChI is InChI=1S/C25H31NO2.ClH/c1-19-10-9-11-20(2)26(19)16-17-28-24(27)23-18-25(23,21-12-5-3-6-13-21)22-14-7-4-8-15-22;/h3-8,12-15,19-20,23H,9-11,16-18H2,1-2H3;1H. The van der Waals surface area contributed by atoms with Gasteiger partial charge in [0.1, 0.15) is 6.61 Å². The van der Waals surface area contributed by atoms with Crippen LogP contribution in [0.15, 0.2) is 60.7 Å². The fourth-order valence-corrected chi connectivity index (χ4v) is 5.09. The maximum absolute atomic E-state index is 12.9. The van der Waals surface area contributed by atoms with E-state index >= 15 is 0 Å². The average Bonchev–Trinajstić information content (AvgIpc) is 3.49. The molecule has 2 aromatic carbocycles. The van der Waals surface area contributed by atoms with E-state index in [1.54, 1.807) is 0 Å². The highest BCUT2D eigenvalue weighted by molar-refractivity contribution is 5.85. The van der Waals surface area contributed by atoms with Crippen LogP contribution in [0.3, 0.4) is 0 Å². The van der Waals surface area contributed by atoms with Crippen LogP contribution in [-0.4, -0.2) is 36.1 Å². The summed E-state index contributed by atoms with van der Waals surface area (Å²) in [6.07, 6.45) is 4.62. The van der Waals surface area contributed by atoms with E-state index in [9.17, 15) is 4.79 Å². The number of piperidine rings is 1. The summed E-state index contributed by atoms with van der Waals surface area (Å²) in [5.74, 6) is -0.140. The lowest BCUT2D eigenvalue weighted by molar-refractivity contribution is -0.146. The van der Waals surface area contributed by atoms with Gasteiger partial charge in [-0.25, -0.2) is 0 Å². The number of rotatable bonds is 6. The molecule has 0 radical (unpaired) electrons. The zero-order chi connectivity index (χ0) is 19.6. The molecule has 2 aliphatic rings. The molecule has 1 saturated heterocycles. The number of likely N-dealkylation sites (tertiary alicyclic amines) is 1. The van der Waals surface area contributed by atoms with E-state index < -0.39 is 0 Å². The van der Waals surface area contributed by atoms with Crippen molar-refractivity contribution in [2.24, 2.45) is 5.92 Å². The van der Waals surface area contributed by atoms with Crippen molar-refractivity contribution in [2.45, 2.75) is 57.0 Å². The van der Waals surface area contributed by atoms with Gasteiger partial charge in [-0.15, -0.1) is 12.4 Å². The van der Waals surface area contributed by atoms with Crippen molar-refractivity contribution in [2.75, 3.05) is 13.2 Å². The van der Waals surface area contributed by atoms with Gasteiger partial charge in [-0.1, -0.05) is 67.1 Å². The molecule has 4 heteroatoms. The fraction of sp³-hybridized carbons (Fsp3) is 0.480. The van der Waals surface area contributed by atoms with Gasteiger partial charge in [0.2, 0.25) is 0 Å². The smallest absolute Gasteiger partial charge is 0.310 e. The van der Waals surface area contributed by atoms with E-state index in [-0.39, 0.29) is 29.7 Å². The van der Waals surface area contributed by atoms with Crippen LogP contribution in [0.5, 0.6) is 0 Å². The first kappa shape index (κ1) is 21.9. The summed E-state index contributed by atoms with van der Waals surface area (Å²) >= 11 is 0. The molecule has 1 aliphatic heterocycles. The van der Waals surface area contributed by atoms with E-state index in [0.717, 1.165) is 13.0 Å². The summed E-state index contributed by atoms with van der Waals surface area (Å²) < 4.78 is 5.78. The summed E-state index contributed by atoms with van der Waals surface area (Å²) in [5.41, 5.74) is 2.19. The lowest BCUT2D eigenvalue weighted by Gasteiger charge is -2.38. The number of benzene rings is 2. The SMILES string of the molecule is CC1CCCC(C)N1CCOC(=O)C1CC1(c1ccccc1)c1ccccc1.Cl. The van der Waals surface area contributed by atoms with E-state index in [1.165, 1.54) is 30.4 Å². The number of carbonyl (C=O) groups is 1. The highest BCUT2D eigenvalue weighted by atomic mass is 35.5. The normalized spacial score (nSPS) is 25.7. The lowest BCUT2D eigenvalue weighted by atomic mass is 9.86. The Morgan fingerprint density at radius 3 is 2.00 bits per heavy atom. The number of carbonyl (C=O) groups excluding carboxylic acids is 1. The molecule has 1 saturated carbocycles. The zero-order valence-corrected chi connectivity index (χ0v) is 18.2. The quantitative estimate of drug-likeness (QED) is 0.608. The van der Waals surface area contributed by atoms with E-state index in [4.69, 9.17) is 4.74 Å². The van der Waals surface area contributed by atoms with Crippen LogP contribution in [0.2, 0.25) is 0 Å². The van der Waals surface area contributed by atoms with E-state index in [2.05, 4.69) is 67.3 Å². The second-order valence-corrected chi connectivity index (χ2v) is 8.49. The molecule has 0 spiro atoms. The van der Waals surface area contributed by atoms with Crippen LogP contribution in [0.4, 0.5) is 0 Å². The second-order valence-electron chi connectivity index (χ2n) is 8.49. The molecular weight excluding hydrogens is 382 g/mol. The molecule has 1 heterocycles. The highest BCUT2D eigenvalue weighted by Crippen LogP contribution is 2.59. The van der Waals surface area contributed by atoms with Gasteiger partial charge in [0.25, 0.3) is 0 Å². The number of nitrogens with zero attached hydrogens (tertiary/aromatic N) is 1. The van der Waals surface area contributed by atoms with Gasteiger partial charge in [0, 0.05) is 24.0 Å². The number of halogens is 1. The molecule has 3 atom stereocenters. The minimum absolute atomic E-state index is 0. The lowest BCUT2D eigenvalue weighted by Crippen LogP contribution is -2.45. The molecular formula is C25H32ClNO2. The molecule has 0 amide bonds. The molecule has 2 aromatic rings. The summed E-state index contributed by atoms with van der Waals surface area (Å²) in [7, 11) is 0. The Bertz CT molecular complexity index is 745. The third kappa shape index (κ3) is 4.36. The Balaban J connectivity index is 0.00000240. The largest absolute Gasteiger partial charge is 0.464 e. The van der Waals surface area contributed by atoms with Crippen LogP contribution in [0.1, 0.15) is 50.7 Å². The van der Waals surface area contributed by atoms with Crippen molar-refractivity contribution >= 4 is 18.4 Å². The minimum Gasteiger partial charge on any atom is -0.464 e. The molecule has 0 N–H and O–H groups in total. The van der Waals surface area contributed by atoms with E-state index in [1.807, 2.05) is 12.1 Å². The summed E-state index contributed by atoms with van der Waals surface area (Å²) in [6, 6.07) is 22.0. The van der Waals surface area contributed by atoms with Crippen molar-refractivity contribution in [3.63, 3.8) is 0 Å². The first-order valence-corrected chi connectivity index (χ1v) is 10.7. The van der Waals surface area contributed by atoms with Crippen molar-refractivity contribution in [1.29, 1.82) is 0 Å². The average molecular weight is 414 g/mol. The molecule has 0 aromatic heterocycles. The third-order valence-corrected chi connectivity index (χ3v) is 6.79. The Hall–Kier alpha value is -1.84. The number of hydrogen-bond donors (Lipinski definition) is 0. The molecule has 3 nitrogen and oxygen atoms in total. The Morgan fingerprint density at radius 1 is 0.966 bits per heavy atom. The molecule has 1 aliphatic carbocycles. The van der Waals surface area contributed by atoms with Crippen molar-refractivity contribution in [3.8, 4) is 0 Å². The van der Waals surface area contributed by atoms with Gasteiger partial charge in [0.15, 0.2) is 0 Å². The Labute approximate surface area is 180 Å². The van der Waals surface area contributed by atoms with Gasteiger partial charge in [0.05, 0.1) is 5.92 Å². The predicted molar refractivity (Wildman–Crippen MR) is 119 cm³/mol. The number of hydrogen-bond acceptors (Lipinski definition) is 3. The maximum Gasteiger partial charge on any atom is 0.310 e. The fourth-order valence-electron chi connectivity index (χ4n) is 5.09. The van der Waals surface area contributed by atoms with Gasteiger partial charge in [-0.2, -0.15) is 0 Å². The first-order chi connectivity index (χ1) is 13.6. The van der Waals surface area contributed by atoms with Gasteiger partial charge in [-0.05, 0) is 44.2 Å². The van der Waals surface area contributed by atoms with Crippen molar-refractivity contribution < 1.29 is 9.53 Å². The van der Waals surface area contributed by atoms with Gasteiger partial charge < -0.3 is 4.74 Å². The minimum atomic E-state index is -0.231. The second kappa shape index (κ2) is 9.32. The van der Waals surface area contributed by atoms with Crippen LogP contribution in [-0.2, 0) is 14.9 Å². The molecule has 2 fully saturated rings. The van der Waals surface area contributed by atoms with Crippen LogP contribution >= 0.6 is 12.4 Å². The Kier molecular flexibility index (Phi) is 7.02. The van der Waals surface area contributed by atoms with E-state index in [0.29, 0.717) is 18.7 Å². The van der Waals surface area contributed by atoms with Gasteiger partial charge >= 0.3 is 5.97 Å². The Morgan fingerprint density at radius 2 is 1.48 bits per heavy atom. The van der Waals surface area contributed by atoms with Crippen LogP contribution in [0, 0.1) is 5.92 Å². The third-order valence-electron chi connectivity index (χ3n) is 6.79.